The summed E-state index contributed by atoms with van der Waals surface area (Å²) in [5.41, 5.74) is 1.21. The van der Waals surface area contributed by atoms with Crippen molar-refractivity contribution in [3.63, 3.8) is 0 Å². The Kier molecular flexibility index (Phi) is 2.33. The Balaban J connectivity index is 2.63. The van der Waals surface area contributed by atoms with Crippen molar-refractivity contribution in [1.29, 1.82) is 0 Å². The van der Waals surface area contributed by atoms with Crippen LogP contribution in [0.4, 0.5) is 0 Å². The minimum atomic E-state index is -0.152. The van der Waals surface area contributed by atoms with Gasteiger partial charge in [0.1, 0.15) is 0 Å². The maximum Gasteiger partial charge on any atom is 0.255 e. The maximum absolute atomic E-state index is 11.4. The number of halogens is 1. The highest BCUT2D eigenvalue weighted by molar-refractivity contribution is 6.30. The van der Waals surface area contributed by atoms with Crippen molar-refractivity contribution >= 4 is 11.6 Å². The van der Waals surface area contributed by atoms with Crippen LogP contribution in [-0.2, 0) is 0 Å². The number of H-pyrrole nitrogens is 1. The van der Waals surface area contributed by atoms with E-state index in [1.807, 2.05) is 0 Å². The Morgan fingerprint density at radius 1 is 1.29 bits per heavy atom. The highest BCUT2D eigenvalue weighted by Gasteiger charge is 2.02. The molecule has 70 valence electrons. The Hall–Kier alpha value is -1.61. The van der Waals surface area contributed by atoms with Crippen molar-refractivity contribution in [2.75, 3.05) is 0 Å². The van der Waals surface area contributed by atoms with Gasteiger partial charge in [0.2, 0.25) is 0 Å². The minimum Gasteiger partial charge on any atom is -0.327 e. The van der Waals surface area contributed by atoms with Gasteiger partial charge in [0.25, 0.3) is 5.56 Å². The van der Waals surface area contributed by atoms with Gasteiger partial charge in [-0.1, -0.05) is 11.6 Å². The second-order valence-electron chi connectivity index (χ2n) is 2.80. The molecule has 0 saturated heterocycles. The highest BCUT2D eigenvalue weighted by Crippen LogP contribution is 2.16. The van der Waals surface area contributed by atoms with Crippen molar-refractivity contribution in [2.24, 2.45) is 0 Å². The number of rotatable bonds is 1. The van der Waals surface area contributed by atoms with Crippen LogP contribution in [0.15, 0.2) is 41.6 Å². The standard InChI is InChI=1S/C10H7ClN2O/c11-8-5-9(10(14)13-6-8)7-1-3-12-4-2-7/h1-6H,(H,13,14). The van der Waals surface area contributed by atoms with Crippen LogP contribution in [0.2, 0.25) is 5.02 Å². The van der Waals surface area contributed by atoms with Gasteiger partial charge in [0.15, 0.2) is 0 Å². The lowest BCUT2D eigenvalue weighted by Crippen LogP contribution is -2.07. The summed E-state index contributed by atoms with van der Waals surface area (Å²) in [5, 5.41) is 0.511. The number of hydrogen-bond acceptors (Lipinski definition) is 2. The normalized spacial score (nSPS) is 10.1. The summed E-state index contributed by atoms with van der Waals surface area (Å²) in [6.45, 7) is 0. The molecule has 2 rings (SSSR count). The van der Waals surface area contributed by atoms with Crippen molar-refractivity contribution in [1.82, 2.24) is 9.97 Å². The van der Waals surface area contributed by atoms with Gasteiger partial charge >= 0.3 is 0 Å². The molecule has 0 spiro atoms. The van der Waals surface area contributed by atoms with Gasteiger partial charge in [-0.3, -0.25) is 9.78 Å². The molecule has 0 aliphatic rings. The van der Waals surface area contributed by atoms with Gasteiger partial charge < -0.3 is 4.98 Å². The number of aromatic amines is 1. The van der Waals surface area contributed by atoms with Crippen LogP contribution in [0.3, 0.4) is 0 Å². The van der Waals surface area contributed by atoms with Crippen LogP contribution < -0.4 is 5.56 Å². The third-order valence-electron chi connectivity index (χ3n) is 1.86. The molecule has 0 fully saturated rings. The maximum atomic E-state index is 11.4. The van der Waals surface area contributed by atoms with Gasteiger partial charge in [0.05, 0.1) is 5.02 Å². The summed E-state index contributed by atoms with van der Waals surface area (Å²) in [6, 6.07) is 5.16. The van der Waals surface area contributed by atoms with Crippen LogP contribution >= 0.6 is 11.6 Å². The first kappa shape index (κ1) is 8.97. The molecule has 2 aromatic heterocycles. The molecule has 0 aliphatic heterocycles. The largest absolute Gasteiger partial charge is 0.327 e. The van der Waals surface area contributed by atoms with Crippen LogP contribution in [0.5, 0.6) is 0 Å². The second kappa shape index (κ2) is 3.64. The summed E-state index contributed by atoms with van der Waals surface area (Å²) < 4.78 is 0. The number of hydrogen-bond donors (Lipinski definition) is 1. The average Bonchev–Trinajstić information content (AvgIpc) is 2.23. The lowest BCUT2D eigenvalue weighted by atomic mass is 10.1. The number of pyridine rings is 2. The molecule has 0 aromatic carbocycles. The molecular formula is C10H7ClN2O. The molecule has 0 bridgehead atoms. The van der Waals surface area contributed by atoms with E-state index in [1.54, 1.807) is 30.6 Å². The zero-order valence-corrected chi connectivity index (χ0v) is 7.95. The monoisotopic (exact) mass is 206 g/mol. The van der Waals surface area contributed by atoms with Gasteiger partial charge in [-0.25, -0.2) is 0 Å². The quantitative estimate of drug-likeness (QED) is 0.777. The average molecular weight is 207 g/mol. The molecule has 0 atom stereocenters. The number of nitrogens with zero attached hydrogens (tertiary/aromatic N) is 1. The first-order valence-corrected chi connectivity index (χ1v) is 4.44. The number of nitrogens with one attached hydrogen (secondary N) is 1. The van der Waals surface area contributed by atoms with Crippen LogP contribution in [0.25, 0.3) is 11.1 Å². The fraction of sp³-hybridized carbons (Fsp3) is 0. The van der Waals surface area contributed by atoms with E-state index in [1.165, 1.54) is 6.20 Å². The van der Waals surface area contributed by atoms with Crippen molar-refractivity contribution in [3.05, 3.63) is 52.2 Å². The molecule has 0 radical (unpaired) electrons. The zero-order valence-electron chi connectivity index (χ0n) is 7.20. The van der Waals surface area contributed by atoms with Crippen LogP contribution in [-0.4, -0.2) is 9.97 Å². The van der Waals surface area contributed by atoms with Crippen molar-refractivity contribution in [3.8, 4) is 11.1 Å². The third-order valence-corrected chi connectivity index (χ3v) is 2.08. The van der Waals surface area contributed by atoms with E-state index in [-0.39, 0.29) is 5.56 Å². The Labute approximate surface area is 85.4 Å². The molecule has 14 heavy (non-hydrogen) atoms. The van der Waals surface area contributed by atoms with Crippen molar-refractivity contribution in [2.45, 2.75) is 0 Å². The van der Waals surface area contributed by atoms with E-state index in [9.17, 15) is 4.79 Å². The van der Waals surface area contributed by atoms with Gasteiger partial charge in [-0.15, -0.1) is 0 Å². The molecule has 4 heteroatoms. The molecule has 1 N–H and O–H groups in total. The molecule has 0 unspecified atom stereocenters. The van der Waals surface area contributed by atoms with Crippen molar-refractivity contribution < 1.29 is 0 Å². The van der Waals surface area contributed by atoms with E-state index in [4.69, 9.17) is 11.6 Å². The molecule has 2 heterocycles. The summed E-state index contributed by atoms with van der Waals surface area (Å²) >= 11 is 5.78. The predicted molar refractivity (Wildman–Crippen MR) is 55.3 cm³/mol. The predicted octanol–water partition coefficient (Wildman–Crippen LogP) is 2.09. The Morgan fingerprint density at radius 2 is 2.00 bits per heavy atom. The second-order valence-corrected chi connectivity index (χ2v) is 3.23. The smallest absolute Gasteiger partial charge is 0.255 e. The van der Waals surface area contributed by atoms with E-state index in [0.29, 0.717) is 10.6 Å². The van der Waals surface area contributed by atoms with Gasteiger partial charge in [0, 0.05) is 24.2 Å². The highest BCUT2D eigenvalue weighted by atomic mass is 35.5. The topological polar surface area (TPSA) is 45.8 Å². The third kappa shape index (κ3) is 1.67. The Bertz CT molecular complexity index is 493. The van der Waals surface area contributed by atoms with Crippen LogP contribution in [0, 0.1) is 0 Å². The zero-order chi connectivity index (χ0) is 9.97. The van der Waals surface area contributed by atoms with Gasteiger partial charge in [-0.05, 0) is 23.8 Å². The fourth-order valence-electron chi connectivity index (χ4n) is 1.20. The first-order chi connectivity index (χ1) is 6.77. The molecule has 0 saturated carbocycles. The SMILES string of the molecule is O=c1[nH]cc(Cl)cc1-c1ccncc1. The fourth-order valence-corrected chi connectivity index (χ4v) is 1.37. The Morgan fingerprint density at radius 3 is 2.71 bits per heavy atom. The van der Waals surface area contributed by atoms with Gasteiger partial charge in [-0.2, -0.15) is 0 Å². The molecule has 0 aliphatic carbocycles. The summed E-state index contributed by atoms with van der Waals surface area (Å²) in [4.78, 5) is 17.9. The van der Waals surface area contributed by atoms with E-state index >= 15 is 0 Å². The van der Waals surface area contributed by atoms with E-state index in [2.05, 4.69) is 9.97 Å². The van der Waals surface area contributed by atoms with E-state index < -0.39 is 0 Å². The first-order valence-electron chi connectivity index (χ1n) is 4.06. The lowest BCUT2D eigenvalue weighted by Gasteiger charge is -1.99. The molecule has 3 nitrogen and oxygen atoms in total. The summed E-state index contributed by atoms with van der Waals surface area (Å²) in [7, 11) is 0. The summed E-state index contributed by atoms with van der Waals surface area (Å²) in [6.07, 6.45) is 4.74. The summed E-state index contributed by atoms with van der Waals surface area (Å²) in [5.74, 6) is 0. The molecular weight excluding hydrogens is 200 g/mol. The van der Waals surface area contributed by atoms with E-state index in [0.717, 1.165) is 5.56 Å². The molecule has 0 amide bonds. The lowest BCUT2D eigenvalue weighted by molar-refractivity contribution is 1.23. The van der Waals surface area contributed by atoms with Crippen LogP contribution in [0.1, 0.15) is 0 Å². The molecule has 2 aromatic rings. The minimum absolute atomic E-state index is 0.152. The number of aromatic nitrogens is 2.